The van der Waals surface area contributed by atoms with Gasteiger partial charge in [0, 0.05) is 50.5 Å². The van der Waals surface area contributed by atoms with E-state index < -0.39 is 29.7 Å². The number of amides is 4. The molecule has 1 heterocycles. The highest BCUT2D eigenvalue weighted by Crippen LogP contribution is 2.31. The van der Waals surface area contributed by atoms with Gasteiger partial charge in [0.05, 0.1) is 36.0 Å². The average molecular weight is 708 g/mol. The molecule has 50 heavy (non-hydrogen) atoms. The number of halogens is 3. The first-order chi connectivity index (χ1) is 23.6. The number of urea groups is 1. The van der Waals surface area contributed by atoms with Crippen molar-refractivity contribution in [2.45, 2.75) is 77.3 Å². The molecule has 0 spiro atoms. The molecular weight excluding hydrogens is 655 g/mol. The second-order valence-corrected chi connectivity index (χ2v) is 13.3. The first-order valence-electron chi connectivity index (χ1n) is 17.1. The van der Waals surface area contributed by atoms with Crippen molar-refractivity contribution in [2.24, 2.45) is 5.92 Å². The van der Waals surface area contributed by atoms with Crippen molar-refractivity contribution >= 4 is 29.2 Å². The van der Waals surface area contributed by atoms with Crippen molar-refractivity contribution in [1.82, 2.24) is 14.7 Å². The zero-order chi connectivity index (χ0) is 37.0. The molecule has 4 atom stereocenters. The summed E-state index contributed by atoms with van der Waals surface area (Å²) in [5, 5.41) is 15.3. The van der Waals surface area contributed by atoms with E-state index in [4.69, 9.17) is 9.47 Å². The number of hydrogen-bond acceptors (Lipinski definition) is 7. The minimum absolute atomic E-state index is 0.0148. The molecule has 3 N–H and O–H groups in total. The van der Waals surface area contributed by atoms with Gasteiger partial charge >= 0.3 is 12.2 Å². The summed E-state index contributed by atoms with van der Waals surface area (Å²) in [6.45, 7) is 7.10. The summed E-state index contributed by atoms with van der Waals surface area (Å²) in [7, 11) is 5.69. The third-order valence-corrected chi connectivity index (χ3v) is 8.66. The number of hydrogen-bond donors (Lipinski definition) is 3. The Bertz CT molecular complexity index is 1410. The Morgan fingerprint density at radius 2 is 1.70 bits per heavy atom. The number of aliphatic hydroxyl groups excluding tert-OH is 1. The van der Waals surface area contributed by atoms with Crippen LogP contribution in [0.3, 0.4) is 0 Å². The molecule has 0 bridgehead atoms. The van der Waals surface area contributed by atoms with E-state index in [1.165, 1.54) is 6.07 Å². The minimum atomic E-state index is -4.50. The number of alkyl halides is 3. The Labute approximate surface area is 293 Å². The van der Waals surface area contributed by atoms with Crippen LogP contribution in [0.15, 0.2) is 42.5 Å². The normalized spacial score (nSPS) is 19.9. The van der Waals surface area contributed by atoms with Crippen molar-refractivity contribution < 1.29 is 42.1 Å². The third kappa shape index (κ3) is 12.5. The van der Waals surface area contributed by atoms with Crippen LogP contribution in [0.5, 0.6) is 5.75 Å². The number of carbonyl (C=O) groups is 3. The highest BCUT2D eigenvalue weighted by atomic mass is 19.4. The monoisotopic (exact) mass is 707 g/mol. The molecule has 11 nitrogen and oxygen atoms in total. The number of nitrogens with one attached hydrogen (secondary N) is 2. The van der Waals surface area contributed by atoms with Gasteiger partial charge < -0.3 is 39.9 Å². The number of carbonyl (C=O) groups excluding carboxylic acids is 3. The molecule has 0 radical (unpaired) electrons. The number of aliphatic hydroxyl groups is 1. The Morgan fingerprint density at radius 3 is 2.34 bits per heavy atom. The van der Waals surface area contributed by atoms with E-state index in [1.807, 2.05) is 32.8 Å². The van der Waals surface area contributed by atoms with Gasteiger partial charge in [0.2, 0.25) is 5.91 Å². The van der Waals surface area contributed by atoms with Gasteiger partial charge in [0.1, 0.15) is 5.75 Å². The quantitative estimate of drug-likeness (QED) is 0.279. The van der Waals surface area contributed by atoms with Gasteiger partial charge in [0.25, 0.3) is 5.91 Å². The summed E-state index contributed by atoms with van der Waals surface area (Å²) >= 11 is 0. The fourth-order valence-corrected chi connectivity index (χ4v) is 5.61. The van der Waals surface area contributed by atoms with Gasteiger partial charge in [-0.15, -0.1) is 0 Å². The van der Waals surface area contributed by atoms with Crippen molar-refractivity contribution in [3.05, 3.63) is 53.6 Å². The first-order valence-corrected chi connectivity index (χ1v) is 17.1. The van der Waals surface area contributed by atoms with E-state index in [1.54, 1.807) is 35.9 Å². The molecule has 0 fully saturated rings. The Hall–Kier alpha value is -3.88. The Kier molecular flexibility index (Phi) is 15.3. The Morgan fingerprint density at radius 1 is 1.04 bits per heavy atom. The number of ether oxygens (including phenoxy) is 2. The molecule has 278 valence electrons. The van der Waals surface area contributed by atoms with Gasteiger partial charge in [-0.1, -0.05) is 6.92 Å². The van der Waals surface area contributed by atoms with Gasteiger partial charge in [-0.05, 0) is 103 Å². The lowest BCUT2D eigenvalue weighted by molar-refractivity contribution is -0.137. The molecule has 2 aromatic rings. The van der Waals surface area contributed by atoms with Gasteiger partial charge in [-0.25, -0.2) is 4.79 Å². The van der Waals surface area contributed by atoms with Crippen LogP contribution in [-0.4, -0.2) is 110 Å². The van der Waals surface area contributed by atoms with E-state index in [0.717, 1.165) is 50.1 Å². The number of anilines is 2. The van der Waals surface area contributed by atoms with Crippen molar-refractivity contribution in [1.29, 1.82) is 0 Å². The second-order valence-electron chi connectivity index (χ2n) is 13.3. The van der Waals surface area contributed by atoms with Crippen LogP contribution in [-0.2, 0) is 15.7 Å². The first kappa shape index (κ1) is 40.5. The molecule has 4 amide bonds. The fourth-order valence-electron chi connectivity index (χ4n) is 5.61. The van der Waals surface area contributed by atoms with Crippen LogP contribution >= 0.6 is 0 Å². The summed E-state index contributed by atoms with van der Waals surface area (Å²) in [6.07, 6.45) is -1.72. The summed E-state index contributed by atoms with van der Waals surface area (Å²) in [5.74, 6) is -0.337. The van der Waals surface area contributed by atoms with Crippen molar-refractivity contribution in [3.8, 4) is 5.75 Å². The molecule has 1 aliphatic heterocycles. The van der Waals surface area contributed by atoms with Gasteiger partial charge in [0.15, 0.2) is 0 Å². The van der Waals surface area contributed by atoms with Crippen LogP contribution in [0, 0.1) is 5.92 Å². The molecule has 3 rings (SSSR count). The predicted octanol–water partition coefficient (Wildman–Crippen LogP) is 5.95. The number of nitrogens with zero attached hydrogens (tertiary/aromatic N) is 3. The van der Waals surface area contributed by atoms with Gasteiger partial charge in [-0.3, -0.25) is 9.59 Å². The lowest BCUT2D eigenvalue weighted by Crippen LogP contribution is -2.48. The third-order valence-electron chi connectivity index (χ3n) is 8.66. The van der Waals surface area contributed by atoms with E-state index in [-0.39, 0.29) is 54.1 Å². The zero-order valence-electron chi connectivity index (χ0n) is 29.9. The Balaban J connectivity index is 1.86. The van der Waals surface area contributed by atoms with E-state index in [2.05, 4.69) is 10.6 Å². The SMILES string of the molecule is C[C@@H]1CCCCO[C@@H](CN(C)C(=O)CCCN(C)C)[C@@H](C)CN([C@H](C)CO)C(=O)c2cc(NC(=O)Nc3ccc(C(F)(F)F)cc3)ccc2O1. The fraction of sp³-hybridized carbons (Fsp3) is 0.583. The largest absolute Gasteiger partial charge is 0.490 e. The van der Waals surface area contributed by atoms with Crippen LogP contribution in [0.2, 0.25) is 0 Å². The molecular formula is C36H52F3N5O6. The van der Waals surface area contributed by atoms with Crippen LogP contribution in [0.1, 0.15) is 68.8 Å². The van der Waals surface area contributed by atoms with Crippen LogP contribution in [0.4, 0.5) is 29.3 Å². The molecule has 0 unspecified atom stereocenters. The number of benzene rings is 2. The summed E-state index contributed by atoms with van der Waals surface area (Å²) in [6, 6.07) is 7.38. The molecule has 0 saturated carbocycles. The van der Waals surface area contributed by atoms with Gasteiger partial charge in [-0.2, -0.15) is 13.2 Å². The maximum atomic E-state index is 14.3. The predicted molar refractivity (Wildman–Crippen MR) is 186 cm³/mol. The summed E-state index contributed by atoms with van der Waals surface area (Å²) < 4.78 is 51.4. The maximum absolute atomic E-state index is 14.3. The molecule has 0 aromatic heterocycles. The topological polar surface area (TPSA) is 124 Å². The second kappa shape index (κ2) is 18.9. The highest BCUT2D eigenvalue weighted by molar-refractivity contribution is 6.02. The maximum Gasteiger partial charge on any atom is 0.416 e. The van der Waals surface area contributed by atoms with Crippen LogP contribution in [0.25, 0.3) is 0 Å². The van der Waals surface area contributed by atoms with E-state index in [9.17, 15) is 32.7 Å². The van der Waals surface area contributed by atoms with Crippen LogP contribution < -0.4 is 15.4 Å². The molecule has 14 heteroatoms. The van der Waals surface area contributed by atoms with Crippen molar-refractivity contribution in [3.63, 3.8) is 0 Å². The average Bonchev–Trinajstić information content (AvgIpc) is 3.05. The minimum Gasteiger partial charge on any atom is -0.490 e. The lowest BCUT2D eigenvalue weighted by Gasteiger charge is -2.36. The van der Waals surface area contributed by atoms with Crippen molar-refractivity contribution in [2.75, 3.05) is 64.6 Å². The summed E-state index contributed by atoms with van der Waals surface area (Å²) in [4.78, 5) is 45.3. The standard InChI is InChI=1S/C36H52F3N5O6/c1-24-21-44(25(2)23-45)34(47)30-20-29(41-35(48)40-28-14-12-27(13-15-28)36(37,38)39)16-17-31(30)50-26(3)10-7-8-19-49-32(24)22-43(6)33(46)11-9-18-42(4)5/h12-17,20,24-26,32,45H,7-11,18-19,21-23H2,1-6H3,(H2,40,41,48)/t24-,25+,26+,32-/m0/s1. The highest BCUT2D eigenvalue weighted by Gasteiger charge is 2.32. The zero-order valence-corrected chi connectivity index (χ0v) is 29.9. The van der Waals surface area contributed by atoms with E-state index in [0.29, 0.717) is 31.7 Å². The molecule has 0 saturated heterocycles. The smallest absolute Gasteiger partial charge is 0.416 e. The number of rotatable bonds is 10. The summed E-state index contributed by atoms with van der Waals surface area (Å²) in [5.41, 5.74) is -0.275. The number of fused-ring (bicyclic) bond motifs is 1. The number of likely N-dealkylation sites (N-methyl/N-ethyl adjacent to an activating group) is 1. The molecule has 2 aromatic carbocycles. The van der Waals surface area contributed by atoms with E-state index >= 15 is 0 Å². The molecule has 1 aliphatic rings. The lowest BCUT2D eigenvalue weighted by atomic mass is 10.0. The molecule has 0 aliphatic carbocycles.